The molecule has 1 aromatic rings. The van der Waals surface area contributed by atoms with E-state index in [4.69, 9.17) is 11.5 Å². The van der Waals surface area contributed by atoms with Crippen molar-refractivity contribution in [1.29, 1.82) is 0 Å². The molecule has 1 aliphatic rings. The van der Waals surface area contributed by atoms with E-state index in [0.29, 0.717) is 36.5 Å². The van der Waals surface area contributed by atoms with Crippen LogP contribution in [0.3, 0.4) is 0 Å². The van der Waals surface area contributed by atoms with Gasteiger partial charge in [0.05, 0.1) is 10.3 Å². The monoisotopic (exact) mass is 392 g/mol. The summed E-state index contributed by atoms with van der Waals surface area (Å²) >= 11 is 4.03. The van der Waals surface area contributed by atoms with Crippen LogP contribution in [0.2, 0.25) is 0 Å². The predicted octanol–water partition coefficient (Wildman–Crippen LogP) is 1.15. The predicted molar refractivity (Wildman–Crippen MR) is 83.0 cm³/mol. The summed E-state index contributed by atoms with van der Waals surface area (Å²) in [6.45, 7) is 2.32. The van der Waals surface area contributed by atoms with Gasteiger partial charge in [-0.25, -0.2) is 13.2 Å². The molecule has 2 rings (SSSR count). The smallest absolute Gasteiger partial charge is 0.345 e. The van der Waals surface area contributed by atoms with Crippen molar-refractivity contribution in [3.05, 3.63) is 14.7 Å². The minimum absolute atomic E-state index is 0.00795. The summed E-state index contributed by atoms with van der Waals surface area (Å²) in [6, 6.07) is 1.19. The Labute approximate surface area is 135 Å². The van der Waals surface area contributed by atoms with Crippen LogP contribution in [0.1, 0.15) is 9.67 Å². The van der Waals surface area contributed by atoms with Gasteiger partial charge in [-0.2, -0.15) is 4.31 Å². The van der Waals surface area contributed by atoms with Gasteiger partial charge in [0.25, 0.3) is 0 Å². The lowest BCUT2D eigenvalue weighted by Crippen LogP contribution is -2.48. The summed E-state index contributed by atoms with van der Waals surface area (Å²) in [5, 5.41) is 8.95. The fourth-order valence-electron chi connectivity index (χ4n) is 2.03. The summed E-state index contributed by atoms with van der Waals surface area (Å²) in [5.74, 6) is 1.40. The Morgan fingerprint density at radius 1 is 1.43 bits per heavy atom. The molecular weight excluding hydrogens is 380 g/mol. The molecule has 0 saturated carbocycles. The van der Waals surface area contributed by atoms with Crippen LogP contribution >= 0.6 is 27.3 Å². The number of rotatable bonds is 4. The molecule has 114 valence electrons. The fourth-order valence-corrected chi connectivity index (χ4v) is 5.80. The van der Waals surface area contributed by atoms with E-state index >= 15 is 0 Å². The first-order chi connectivity index (χ1) is 9.86. The SMILES string of the molecule is C#CCN1CCN(S(=O)(=O)c2cc(C(=O)O)sc2Br)CC1. The zero-order chi connectivity index (χ0) is 15.6. The molecule has 0 radical (unpaired) electrons. The molecule has 6 nitrogen and oxygen atoms in total. The van der Waals surface area contributed by atoms with Gasteiger partial charge in [-0.3, -0.25) is 4.90 Å². The number of sulfonamides is 1. The number of aromatic carboxylic acids is 1. The summed E-state index contributed by atoms with van der Waals surface area (Å²) < 4.78 is 26.8. The number of hydrogen-bond acceptors (Lipinski definition) is 5. The molecule has 1 aliphatic heterocycles. The fraction of sp³-hybridized carbons (Fsp3) is 0.417. The molecule has 0 aliphatic carbocycles. The van der Waals surface area contributed by atoms with E-state index in [1.54, 1.807) is 0 Å². The van der Waals surface area contributed by atoms with E-state index in [2.05, 4.69) is 21.9 Å². The molecule has 1 aromatic heterocycles. The average Bonchev–Trinajstić information content (AvgIpc) is 2.83. The molecule has 0 bridgehead atoms. The van der Waals surface area contributed by atoms with Crippen molar-refractivity contribution in [2.24, 2.45) is 0 Å². The Hall–Kier alpha value is -0.920. The van der Waals surface area contributed by atoms with Crippen molar-refractivity contribution in [2.75, 3.05) is 32.7 Å². The number of terminal acetylenes is 1. The second kappa shape index (κ2) is 6.46. The highest BCUT2D eigenvalue weighted by Crippen LogP contribution is 2.33. The lowest BCUT2D eigenvalue weighted by Gasteiger charge is -2.32. The zero-order valence-corrected chi connectivity index (χ0v) is 14.2. The molecule has 0 atom stereocenters. The average molecular weight is 393 g/mol. The lowest BCUT2D eigenvalue weighted by atomic mass is 10.4. The van der Waals surface area contributed by atoms with Crippen LogP contribution < -0.4 is 0 Å². The standard InChI is InChI=1S/C12H13BrN2O4S2/c1-2-3-14-4-6-15(7-5-14)21(18,19)10-8-9(12(16)17)20-11(10)13/h1,8H,3-7H2,(H,16,17). The summed E-state index contributed by atoms with van der Waals surface area (Å²) in [4.78, 5) is 12.9. The third-order valence-corrected chi connectivity index (χ3v) is 7.27. The van der Waals surface area contributed by atoms with E-state index in [9.17, 15) is 13.2 Å². The van der Waals surface area contributed by atoms with Crippen LogP contribution in [-0.2, 0) is 10.0 Å². The van der Waals surface area contributed by atoms with Crippen molar-refractivity contribution in [3.8, 4) is 12.3 Å². The van der Waals surface area contributed by atoms with Crippen LogP contribution in [0.15, 0.2) is 14.7 Å². The van der Waals surface area contributed by atoms with Gasteiger partial charge in [0.15, 0.2) is 0 Å². The molecule has 9 heteroatoms. The third-order valence-electron chi connectivity index (χ3n) is 3.13. The quantitative estimate of drug-likeness (QED) is 0.777. The maximum absolute atomic E-state index is 12.6. The summed E-state index contributed by atoms with van der Waals surface area (Å²) in [7, 11) is -3.69. The molecule has 2 heterocycles. The van der Waals surface area contributed by atoms with Crippen LogP contribution in [0, 0.1) is 12.3 Å². The maximum atomic E-state index is 12.6. The first kappa shape index (κ1) is 16.5. The van der Waals surface area contributed by atoms with Crippen LogP contribution in [0.4, 0.5) is 0 Å². The number of carboxylic acids is 1. The Morgan fingerprint density at radius 3 is 2.52 bits per heavy atom. The van der Waals surface area contributed by atoms with Gasteiger partial charge in [0.1, 0.15) is 9.77 Å². The van der Waals surface area contributed by atoms with Crippen molar-refractivity contribution in [1.82, 2.24) is 9.21 Å². The highest BCUT2D eigenvalue weighted by atomic mass is 79.9. The van der Waals surface area contributed by atoms with E-state index in [1.807, 2.05) is 4.90 Å². The molecule has 1 fully saturated rings. The summed E-state index contributed by atoms with van der Waals surface area (Å²) in [5.41, 5.74) is 0. The van der Waals surface area contributed by atoms with Crippen LogP contribution in [0.25, 0.3) is 0 Å². The molecule has 1 N–H and O–H groups in total. The minimum atomic E-state index is -3.69. The molecule has 0 spiro atoms. The van der Waals surface area contributed by atoms with Gasteiger partial charge in [0, 0.05) is 26.2 Å². The molecule has 0 aromatic carbocycles. The maximum Gasteiger partial charge on any atom is 0.345 e. The van der Waals surface area contributed by atoms with Crippen molar-refractivity contribution in [2.45, 2.75) is 4.90 Å². The lowest BCUT2D eigenvalue weighted by molar-refractivity contribution is 0.0702. The summed E-state index contributed by atoms with van der Waals surface area (Å²) in [6.07, 6.45) is 5.24. The van der Waals surface area contributed by atoms with E-state index < -0.39 is 16.0 Å². The Bertz CT molecular complexity index is 685. The first-order valence-corrected chi connectivity index (χ1v) is 9.10. The van der Waals surface area contributed by atoms with Gasteiger partial charge in [-0.1, -0.05) is 5.92 Å². The number of nitrogens with zero attached hydrogens (tertiary/aromatic N) is 2. The minimum Gasteiger partial charge on any atom is -0.477 e. The van der Waals surface area contributed by atoms with Gasteiger partial charge in [-0.15, -0.1) is 17.8 Å². The van der Waals surface area contributed by atoms with Gasteiger partial charge < -0.3 is 5.11 Å². The van der Waals surface area contributed by atoms with Crippen LogP contribution in [0.5, 0.6) is 0 Å². The number of hydrogen-bond donors (Lipinski definition) is 1. The largest absolute Gasteiger partial charge is 0.477 e. The van der Waals surface area contributed by atoms with Crippen molar-refractivity contribution in [3.63, 3.8) is 0 Å². The number of piperazine rings is 1. The molecule has 0 amide bonds. The number of halogens is 1. The molecule has 21 heavy (non-hydrogen) atoms. The normalized spacial score (nSPS) is 17.5. The van der Waals surface area contributed by atoms with E-state index in [-0.39, 0.29) is 9.77 Å². The van der Waals surface area contributed by atoms with Crippen LogP contribution in [-0.4, -0.2) is 61.4 Å². The molecular formula is C12H13BrN2O4S2. The Kier molecular flexibility index (Phi) is 5.06. The number of carbonyl (C=O) groups is 1. The van der Waals surface area contributed by atoms with Gasteiger partial charge >= 0.3 is 5.97 Å². The second-order valence-electron chi connectivity index (χ2n) is 4.44. The Balaban J connectivity index is 2.20. The van der Waals surface area contributed by atoms with E-state index in [0.717, 1.165) is 11.3 Å². The highest BCUT2D eigenvalue weighted by molar-refractivity contribution is 9.11. The van der Waals surface area contributed by atoms with Crippen molar-refractivity contribution < 1.29 is 18.3 Å². The number of carboxylic acid groups (broad SMARTS) is 1. The van der Waals surface area contributed by atoms with Gasteiger partial charge in [0.2, 0.25) is 10.0 Å². The third kappa shape index (κ3) is 3.46. The Morgan fingerprint density at radius 2 is 2.05 bits per heavy atom. The molecule has 1 saturated heterocycles. The highest BCUT2D eigenvalue weighted by Gasteiger charge is 2.31. The number of thiophene rings is 1. The van der Waals surface area contributed by atoms with E-state index in [1.165, 1.54) is 10.4 Å². The first-order valence-electron chi connectivity index (χ1n) is 6.05. The topological polar surface area (TPSA) is 77.9 Å². The molecule has 0 unspecified atom stereocenters. The second-order valence-corrected chi connectivity index (χ2v) is 8.71. The van der Waals surface area contributed by atoms with Crippen molar-refractivity contribution >= 4 is 43.3 Å². The zero-order valence-electron chi connectivity index (χ0n) is 11.0. The van der Waals surface area contributed by atoms with Gasteiger partial charge in [-0.05, 0) is 22.0 Å².